The third-order valence-electron chi connectivity index (χ3n) is 3.17. The molecule has 0 radical (unpaired) electrons. The van der Waals surface area contributed by atoms with Crippen molar-refractivity contribution in [3.63, 3.8) is 0 Å². The van der Waals surface area contributed by atoms with Gasteiger partial charge >= 0.3 is 0 Å². The Labute approximate surface area is 98.6 Å². The molecule has 0 aliphatic carbocycles. The Balaban J connectivity index is 1.94. The van der Waals surface area contributed by atoms with Crippen LogP contribution in [0.4, 0.5) is 5.95 Å². The molecule has 2 aromatic rings. The number of imidazole rings is 1. The van der Waals surface area contributed by atoms with Crippen LogP contribution in [0.2, 0.25) is 0 Å². The van der Waals surface area contributed by atoms with Crippen LogP contribution in [-0.2, 0) is 11.3 Å². The van der Waals surface area contributed by atoms with E-state index >= 15 is 0 Å². The minimum atomic E-state index is 0.123. The number of carbonyl (C=O) groups is 1. The zero-order valence-corrected chi connectivity index (χ0v) is 9.39. The van der Waals surface area contributed by atoms with Crippen LogP contribution in [0.15, 0.2) is 24.3 Å². The van der Waals surface area contributed by atoms with E-state index in [9.17, 15) is 4.79 Å². The predicted molar refractivity (Wildman–Crippen MR) is 65.3 cm³/mol. The number of rotatable bonds is 2. The molecule has 1 aromatic heterocycles. The molecule has 0 bridgehead atoms. The molecule has 88 valence electrons. The van der Waals surface area contributed by atoms with Gasteiger partial charge in [-0.1, -0.05) is 12.1 Å². The van der Waals surface area contributed by atoms with Crippen LogP contribution in [-0.4, -0.2) is 21.5 Å². The maximum atomic E-state index is 11.2. The van der Waals surface area contributed by atoms with Crippen LogP contribution in [0.25, 0.3) is 11.0 Å². The van der Waals surface area contributed by atoms with Gasteiger partial charge in [-0.15, -0.1) is 0 Å². The van der Waals surface area contributed by atoms with Crippen LogP contribution in [0.3, 0.4) is 0 Å². The molecule has 1 amide bonds. The lowest BCUT2D eigenvalue weighted by Crippen LogP contribution is -2.29. The fraction of sp³-hybridized carbons (Fsp3) is 0.333. The number of fused-ring (bicyclic) bond motifs is 1. The summed E-state index contributed by atoms with van der Waals surface area (Å²) in [6.07, 6.45) is 1.47. The van der Waals surface area contributed by atoms with E-state index in [4.69, 9.17) is 5.73 Å². The number of carbonyl (C=O) groups excluding carboxylic acids is 1. The summed E-state index contributed by atoms with van der Waals surface area (Å²) in [6.45, 7) is 0.693. The summed E-state index contributed by atoms with van der Waals surface area (Å²) in [4.78, 5) is 15.5. The smallest absolute Gasteiger partial charge is 0.220 e. The highest BCUT2D eigenvalue weighted by Gasteiger charge is 2.22. The SMILES string of the molecule is Nc1nc2ccccc2n1CC1CCC(=O)N1. The molecule has 5 nitrogen and oxygen atoms in total. The van der Waals surface area contributed by atoms with Crippen molar-refractivity contribution in [2.75, 3.05) is 5.73 Å². The number of para-hydroxylation sites is 2. The normalized spacial score (nSPS) is 19.8. The van der Waals surface area contributed by atoms with E-state index in [1.54, 1.807) is 0 Å². The van der Waals surface area contributed by atoms with Crippen molar-refractivity contribution in [2.24, 2.45) is 0 Å². The van der Waals surface area contributed by atoms with Crippen molar-refractivity contribution in [1.82, 2.24) is 14.9 Å². The number of hydrogen-bond donors (Lipinski definition) is 2. The van der Waals surface area contributed by atoms with Gasteiger partial charge in [0.15, 0.2) is 0 Å². The van der Waals surface area contributed by atoms with E-state index in [-0.39, 0.29) is 11.9 Å². The average molecular weight is 230 g/mol. The second-order valence-corrected chi connectivity index (χ2v) is 4.37. The van der Waals surface area contributed by atoms with Gasteiger partial charge in [0.05, 0.1) is 11.0 Å². The minimum Gasteiger partial charge on any atom is -0.369 e. The fourth-order valence-electron chi connectivity index (χ4n) is 2.32. The van der Waals surface area contributed by atoms with Gasteiger partial charge in [-0.05, 0) is 18.6 Å². The zero-order chi connectivity index (χ0) is 11.8. The molecule has 1 saturated heterocycles. The second-order valence-electron chi connectivity index (χ2n) is 4.37. The van der Waals surface area contributed by atoms with Crippen molar-refractivity contribution < 1.29 is 4.79 Å². The molecule has 1 fully saturated rings. The van der Waals surface area contributed by atoms with E-state index in [0.29, 0.717) is 18.9 Å². The van der Waals surface area contributed by atoms with Gasteiger partial charge in [-0.2, -0.15) is 0 Å². The van der Waals surface area contributed by atoms with Crippen LogP contribution in [0.1, 0.15) is 12.8 Å². The highest BCUT2D eigenvalue weighted by Crippen LogP contribution is 2.19. The van der Waals surface area contributed by atoms with Crippen molar-refractivity contribution in [3.05, 3.63) is 24.3 Å². The largest absolute Gasteiger partial charge is 0.369 e. The molecule has 1 aromatic carbocycles. The third kappa shape index (κ3) is 1.73. The van der Waals surface area contributed by atoms with E-state index in [1.807, 2.05) is 28.8 Å². The Kier molecular flexibility index (Phi) is 2.24. The molecule has 3 rings (SSSR count). The van der Waals surface area contributed by atoms with Crippen molar-refractivity contribution in [2.45, 2.75) is 25.4 Å². The first-order chi connectivity index (χ1) is 8.24. The minimum absolute atomic E-state index is 0.123. The summed E-state index contributed by atoms with van der Waals surface area (Å²) in [5.74, 6) is 0.630. The first kappa shape index (κ1) is 10.1. The lowest BCUT2D eigenvalue weighted by molar-refractivity contribution is -0.119. The molecule has 3 N–H and O–H groups in total. The second kappa shape index (κ2) is 3.76. The van der Waals surface area contributed by atoms with E-state index < -0.39 is 0 Å². The van der Waals surface area contributed by atoms with E-state index in [0.717, 1.165) is 17.5 Å². The van der Waals surface area contributed by atoms with E-state index in [1.165, 1.54) is 0 Å². The molecular weight excluding hydrogens is 216 g/mol. The van der Waals surface area contributed by atoms with Gasteiger partial charge in [-0.25, -0.2) is 4.98 Å². The Morgan fingerprint density at radius 1 is 1.47 bits per heavy atom. The number of nitrogens with zero attached hydrogens (tertiary/aromatic N) is 2. The number of benzene rings is 1. The zero-order valence-electron chi connectivity index (χ0n) is 9.39. The molecule has 2 heterocycles. The van der Waals surface area contributed by atoms with Gasteiger partial charge in [0.2, 0.25) is 11.9 Å². The van der Waals surface area contributed by atoms with Gasteiger partial charge < -0.3 is 15.6 Å². The highest BCUT2D eigenvalue weighted by atomic mass is 16.1. The van der Waals surface area contributed by atoms with E-state index in [2.05, 4.69) is 10.3 Å². The lowest BCUT2D eigenvalue weighted by atomic mass is 10.2. The number of nitrogens with one attached hydrogen (secondary N) is 1. The molecule has 0 saturated carbocycles. The first-order valence-corrected chi connectivity index (χ1v) is 5.74. The highest BCUT2D eigenvalue weighted by molar-refractivity contribution is 5.79. The predicted octanol–water partition coefficient (Wildman–Crippen LogP) is 0.897. The van der Waals surface area contributed by atoms with Crippen LogP contribution in [0, 0.1) is 0 Å². The summed E-state index contributed by atoms with van der Waals surface area (Å²) < 4.78 is 1.96. The first-order valence-electron chi connectivity index (χ1n) is 5.74. The van der Waals surface area contributed by atoms with Crippen LogP contribution >= 0.6 is 0 Å². The maximum absolute atomic E-state index is 11.2. The fourth-order valence-corrected chi connectivity index (χ4v) is 2.32. The van der Waals surface area contributed by atoms with Crippen LogP contribution in [0.5, 0.6) is 0 Å². The van der Waals surface area contributed by atoms with Crippen molar-refractivity contribution >= 4 is 22.9 Å². The molecule has 17 heavy (non-hydrogen) atoms. The Hall–Kier alpha value is -2.04. The molecule has 1 unspecified atom stereocenters. The van der Waals surface area contributed by atoms with Gasteiger partial charge in [-0.3, -0.25) is 4.79 Å². The van der Waals surface area contributed by atoms with Gasteiger partial charge in [0, 0.05) is 19.0 Å². The number of nitrogens with two attached hydrogens (primary N) is 1. The number of anilines is 1. The number of amides is 1. The quantitative estimate of drug-likeness (QED) is 0.805. The lowest BCUT2D eigenvalue weighted by Gasteiger charge is -2.12. The average Bonchev–Trinajstić information content (AvgIpc) is 2.85. The molecule has 1 atom stereocenters. The number of nitrogen functional groups attached to an aromatic ring is 1. The Morgan fingerprint density at radius 2 is 2.29 bits per heavy atom. The summed E-state index contributed by atoms with van der Waals surface area (Å²) in [5, 5.41) is 2.94. The van der Waals surface area contributed by atoms with Gasteiger partial charge in [0.25, 0.3) is 0 Å². The number of hydrogen-bond acceptors (Lipinski definition) is 3. The van der Waals surface area contributed by atoms with Gasteiger partial charge in [0.1, 0.15) is 0 Å². The standard InChI is InChI=1S/C12H14N4O/c13-12-15-9-3-1-2-4-10(9)16(12)7-8-5-6-11(17)14-8/h1-4,8H,5-7H2,(H2,13,15)(H,14,17). The number of aromatic nitrogens is 2. The summed E-state index contributed by atoms with van der Waals surface area (Å²) >= 11 is 0. The Morgan fingerprint density at radius 3 is 3.06 bits per heavy atom. The Bertz CT molecular complexity index is 575. The molecule has 1 aliphatic heterocycles. The summed E-state index contributed by atoms with van der Waals surface area (Å²) in [5.41, 5.74) is 7.82. The monoisotopic (exact) mass is 230 g/mol. The topological polar surface area (TPSA) is 72.9 Å². The van der Waals surface area contributed by atoms with Crippen LogP contribution < -0.4 is 11.1 Å². The summed E-state index contributed by atoms with van der Waals surface area (Å²) in [7, 11) is 0. The van der Waals surface area contributed by atoms with Crippen molar-refractivity contribution in [3.8, 4) is 0 Å². The maximum Gasteiger partial charge on any atom is 0.220 e. The van der Waals surface area contributed by atoms with Crippen molar-refractivity contribution in [1.29, 1.82) is 0 Å². The molecule has 5 heteroatoms. The summed E-state index contributed by atoms with van der Waals surface area (Å²) in [6, 6.07) is 8.01. The third-order valence-corrected chi connectivity index (χ3v) is 3.17. The molecular formula is C12H14N4O. The molecule has 1 aliphatic rings. The molecule has 0 spiro atoms.